The van der Waals surface area contributed by atoms with E-state index in [1.54, 1.807) is 6.07 Å². The zero-order valence-electron chi connectivity index (χ0n) is 18.3. The first kappa shape index (κ1) is 21.1. The fourth-order valence-corrected chi connectivity index (χ4v) is 4.38. The summed E-state index contributed by atoms with van der Waals surface area (Å²) in [7, 11) is 1.43. The number of phenols is 1. The number of hydrogen-bond donors (Lipinski definition) is 1. The number of ether oxygens (including phenoxy) is 1. The number of aromatic hydroxyl groups is 1. The molecule has 168 valence electrons. The highest BCUT2D eigenvalue weighted by Gasteiger charge is 2.23. The van der Waals surface area contributed by atoms with Gasteiger partial charge in [-0.3, -0.25) is 4.98 Å². The van der Waals surface area contributed by atoms with Gasteiger partial charge in [0.1, 0.15) is 28.6 Å². The molecule has 2 aromatic heterocycles. The summed E-state index contributed by atoms with van der Waals surface area (Å²) in [4.78, 5) is 15.0. The zero-order chi connectivity index (χ0) is 23.1. The number of methoxy groups -OCH3 is 1. The van der Waals surface area contributed by atoms with Crippen molar-refractivity contribution >= 4 is 27.5 Å². The Labute approximate surface area is 189 Å². The zero-order valence-corrected chi connectivity index (χ0v) is 18.3. The second kappa shape index (κ2) is 8.27. The van der Waals surface area contributed by atoms with Crippen LogP contribution in [0.4, 0.5) is 14.6 Å². The summed E-state index contributed by atoms with van der Waals surface area (Å²) in [6, 6.07) is 5.89. The summed E-state index contributed by atoms with van der Waals surface area (Å²) in [5, 5.41) is 11.9. The molecule has 6 nitrogen and oxygen atoms in total. The van der Waals surface area contributed by atoms with Gasteiger partial charge in [-0.05, 0) is 53.8 Å². The minimum absolute atomic E-state index is 0.0235. The van der Waals surface area contributed by atoms with Crippen LogP contribution in [-0.4, -0.2) is 33.7 Å². The van der Waals surface area contributed by atoms with E-state index in [4.69, 9.17) is 4.74 Å². The molecule has 3 heterocycles. The van der Waals surface area contributed by atoms with E-state index < -0.39 is 5.82 Å². The molecule has 4 aromatic rings. The highest BCUT2D eigenvalue weighted by Crippen LogP contribution is 2.39. The SMILES string of the molecule is CCc1c(F)ccc2cc(O)cc(-c3ncc4c(N5C=CCCC5)nc(OC)nc4c3F)c12. The van der Waals surface area contributed by atoms with E-state index in [1.165, 1.54) is 31.5 Å². The van der Waals surface area contributed by atoms with Gasteiger partial charge in [0.25, 0.3) is 0 Å². The van der Waals surface area contributed by atoms with E-state index in [-0.39, 0.29) is 28.8 Å². The Hall–Kier alpha value is -3.81. The third-order valence-electron chi connectivity index (χ3n) is 5.91. The molecule has 0 aliphatic carbocycles. The number of pyridine rings is 1. The van der Waals surface area contributed by atoms with Crippen molar-refractivity contribution in [3.05, 3.63) is 59.9 Å². The van der Waals surface area contributed by atoms with Gasteiger partial charge in [-0.25, -0.2) is 8.78 Å². The van der Waals surface area contributed by atoms with E-state index in [0.717, 1.165) is 19.4 Å². The summed E-state index contributed by atoms with van der Waals surface area (Å²) in [6.45, 7) is 2.56. The Morgan fingerprint density at radius 3 is 2.76 bits per heavy atom. The van der Waals surface area contributed by atoms with Crippen LogP contribution in [0.5, 0.6) is 11.8 Å². The van der Waals surface area contributed by atoms with Gasteiger partial charge in [-0.15, -0.1) is 0 Å². The smallest absolute Gasteiger partial charge is 0.318 e. The predicted molar refractivity (Wildman–Crippen MR) is 124 cm³/mol. The molecule has 0 saturated heterocycles. The largest absolute Gasteiger partial charge is 0.508 e. The molecule has 2 aromatic carbocycles. The van der Waals surface area contributed by atoms with Gasteiger partial charge in [-0.1, -0.05) is 19.1 Å². The van der Waals surface area contributed by atoms with Crippen LogP contribution >= 0.6 is 0 Å². The number of halogens is 2. The van der Waals surface area contributed by atoms with Crippen molar-refractivity contribution in [2.24, 2.45) is 0 Å². The molecule has 0 bridgehead atoms. The number of fused-ring (bicyclic) bond motifs is 2. The van der Waals surface area contributed by atoms with E-state index >= 15 is 4.39 Å². The standard InChI is InChI=1S/C25H22F2N4O2/c1-3-16-19(26)8-7-14-11-15(32)12-17(20(14)16)22-21(27)23-18(13-28-22)24(30-25(29-23)33-2)31-9-5-4-6-10-31/h5,7-9,11-13,32H,3-4,6,10H2,1-2H3. The fourth-order valence-electron chi connectivity index (χ4n) is 4.38. The Balaban J connectivity index is 1.81. The van der Waals surface area contributed by atoms with Crippen LogP contribution in [0.1, 0.15) is 25.3 Å². The molecular formula is C25H22F2N4O2. The molecule has 1 aliphatic rings. The molecule has 0 radical (unpaired) electrons. The number of phenolic OH excluding ortho intramolecular Hbond substituents is 1. The maximum atomic E-state index is 16.0. The number of rotatable bonds is 4. The van der Waals surface area contributed by atoms with Gasteiger partial charge in [0.2, 0.25) is 0 Å². The Morgan fingerprint density at radius 1 is 1.18 bits per heavy atom. The van der Waals surface area contributed by atoms with Crippen LogP contribution in [0.15, 0.2) is 42.7 Å². The monoisotopic (exact) mass is 448 g/mol. The van der Waals surface area contributed by atoms with Crippen molar-refractivity contribution in [1.82, 2.24) is 15.0 Å². The van der Waals surface area contributed by atoms with E-state index in [1.807, 2.05) is 24.1 Å². The summed E-state index contributed by atoms with van der Waals surface area (Å²) in [6.07, 6.45) is 7.77. The van der Waals surface area contributed by atoms with E-state index in [2.05, 4.69) is 15.0 Å². The number of aryl methyl sites for hydroxylation is 1. The highest BCUT2D eigenvalue weighted by atomic mass is 19.1. The third kappa shape index (κ3) is 3.51. The number of hydrogen-bond acceptors (Lipinski definition) is 6. The first-order valence-corrected chi connectivity index (χ1v) is 10.8. The number of allylic oxidation sites excluding steroid dienone is 1. The Kier molecular flexibility index (Phi) is 5.28. The van der Waals surface area contributed by atoms with Crippen LogP contribution in [0.3, 0.4) is 0 Å². The quantitative estimate of drug-likeness (QED) is 0.444. The second-order valence-corrected chi connectivity index (χ2v) is 7.91. The second-order valence-electron chi connectivity index (χ2n) is 7.91. The topological polar surface area (TPSA) is 71.4 Å². The molecular weight excluding hydrogens is 426 g/mol. The Bertz CT molecular complexity index is 1420. The van der Waals surface area contributed by atoms with Gasteiger partial charge in [0.05, 0.1) is 12.5 Å². The summed E-state index contributed by atoms with van der Waals surface area (Å²) < 4.78 is 35.8. The number of anilines is 1. The van der Waals surface area contributed by atoms with Crippen LogP contribution in [0.2, 0.25) is 0 Å². The van der Waals surface area contributed by atoms with Crippen molar-refractivity contribution < 1.29 is 18.6 Å². The van der Waals surface area contributed by atoms with Crippen molar-refractivity contribution in [3.8, 4) is 23.0 Å². The predicted octanol–water partition coefficient (Wildman–Crippen LogP) is 5.51. The molecule has 1 aliphatic heterocycles. The maximum Gasteiger partial charge on any atom is 0.318 e. The van der Waals surface area contributed by atoms with Gasteiger partial charge >= 0.3 is 6.01 Å². The lowest BCUT2D eigenvalue weighted by atomic mass is 9.94. The first-order chi connectivity index (χ1) is 16.0. The summed E-state index contributed by atoms with van der Waals surface area (Å²) in [5.74, 6) is -0.631. The van der Waals surface area contributed by atoms with Gasteiger partial charge < -0.3 is 14.7 Å². The molecule has 0 saturated carbocycles. The molecule has 0 spiro atoms. The van der Waals surface area contributed by atoms with Crippen molar-refractivity contribution in [3.63, 3.8) is 0 Å². The van der Waals surface area contributed by atoms with Crippen molar-refractivity contribution in [2.45, 2.75) is 26.2 Å². The van der Waals surface area contributed by atoms with Gasteiger partial charge in [-0.2, -0.15) is 9.97 Å². The van der Waals surface area contributed by atoms with Crippen molar-refractivity contribution in [1.29, 1.82) is 0 Å². The molecule has 0 atom stereocenters. The number of aromatic nitrogens is 3. The molecule has 33 heavy (non-hydrogen) atoms. The molecule has 5 rings (SSSR count). The van der Waals surface area contributed by atoms with Crippen LogP contribution < -0.4 is 9.64 Å². The highest BCUT2D eigenvalue weighted by molar-refractivity contribution is 6.01. The van der Waals surface area contributed by atoms with E-state index in [9.17, 15) is 9.50 Å². The van der Waals surface area contributed by atoms with Crippen LogP contribution in [0, 0.1) is 11.6 Å². The average molecular weight is 448 g/mol. The lowest BCUT2D eigenvalue weighted by Gasteiger charge is -2.24. The normalized spacial score (nSPS) is 13.8. The van der Waals surface area contributed by atoms with Gasteiger partial charge in [0.15, 0.2) is 5.82 Å². The average Bonchev–Trinajstić information content (AvgIpc) is 2.84. The summed E-state index contributed by atoms with van der Waals surface area (Å²) in [5.41, 5.74) is 0.761. The minimum Gasteiger partial charge on any atom is -0.508 e. The molecule has 8 heteroatoms. The maximum absolute atomic E-state index is 16.0. The lowest BCUT2D eigenvalue weighted by molar-refractivity contribution is 0.381. The van der Waals surface area contributed by atoms with Crippen LogP contribution in [0.25, 0.3) is 32.9 Å². The van der Waals surface area contributed by atoms with Crippen LogP contribution in [-0.2, 0) is 6.42 Å². The molecule has 1 N–H and O–H groups in total. The molecule has 0 amide bonds. The molecule has 0 fully saturated rings. The number of nitrogens with zero attached hydrogens (tertiary/aromatic N) is 4. The fraction of sp³-hybridized carbons (Fsp3) is 0.240. The minimum atomic E-state index is -0.686. The van der Waals surface area contributed by atoms with E-state index in [0.29, 0.717) is 39.5 Å². The lowest BCUT2D eigenvalue weighted by Crippen LogP contribution is -2.22. The Morgan fingerprint density at radius 2 is 2.03 bits per heavy atom. The van der Waals surface area contributed by atoms with Gasteiger partial charge in [0, 0.05) is 24.5 Å². The third-order valence-corrected chi connectivity index (χ3v) is 5.91. The van der Waals surface area contributed by atoms with Crippen molar-refractivity contribution in [2.75, 3.05) is 18.6 Å². The first-order valence-electron chi connectivity index (χ1n) is 10.8. The number of benzene rings is 2. The molecule has 0 unspecified atom stereocenters. The summed E-state index contributed by atoms with van der Waals surface area (Å²) >= 11 is 0.